The molecule has 1 aliphatic carbocycles. The predicted octanol–water partition coefficient (Wildman–Crippen LogP) is 3.39. The van der Waals surface area contributed by atoms with Gasteiger partial charge in [-0.2, -0.15) is 0 Å². The summed E-state index contributed by atoms with van der Waals surface area (Å²) in [4.78, 5) is 30.6. The van der Waals surface area contributed by atoms with Crippen LogP contribution in [-0.2, 0) is 0 Å². The van der Waals surface area contributed by atoms with E-state index in [0.29, 0.717) is 12.1 Å². The molecule has 0 spiro atoms. The standard InChI is InChI=1S/C11H19N.C6H3N3O7/c1-3-9-5-6-10-4-2-8-12(7-1)11(9)10;10-6-4(8(13)14)1-3(7(11)12)2-5(6)9(15)16/h9-11H,1-8H2;1-2,10H. The molecule has 2 aliphatic heterocycles. The summed E-state index contributed by atoms with van der Waals surface area (Å²) >= 11 is 0. The van der Waals surface area contributed by atoms with Gasteiger partial charge in [0.1, 0.15) is 0 Å². The smallest absolute Gasteiger partial charge is 0.324 e. The molecule has 0 radical (unpaired) electrons. The van der Waals surface area contributed by atoms with Crippen LogP contribution in [0.3, 0.4) is 0 Å². The molecule has 1 saturated carbocycles. The fraction of sp³-hybridized carbons (Fsp3) is 0.647. The van der Waals surface area contributed by atoms with Crippen LogP contribution in [0.1, 0.15) is 38.5 Å². The zero-order chi connectivity index (χ0) is 20.4. The lowest BCUT2D eigenvalue weighted by atomic mass is 9.83. The minimum absolute atomic E-state index is 0.447. The maximum atomic E-state index is 10.4. The van der Waals surface area contributed by atoms with Gasteiger partial charge in [0.15, 0.2) is 0 Å². The molecule has 1 N–H and O–H groups in total. The molecule has 2 saturated heterocycles. The third-order valence-corrected chi connectivity index (χ3v) is 5.99. The number of non-ortho nitro benzene ring substituents is 1. The van der Waals surface area contributed by atoms with Crippen molar-refractivity contribution in [2.24, 2.45) is 11.8 Å². The summed E-state index contributed by atoms with van der Waals surface area (Å²) in [5, 5.41) is 40.2. The molecule has 0 bridgehead atoms. The molecular weight excluding hydrogens is 372 g/mol. The van der Waals surface area contributed by atoms with Crippen LogP contribution in [0.15, 0.2) is 12.1 Å². The van der Waals surface area contributed by atoms with Crippen molar-refractivity contribution in [1.29, 1.82) is 0 Å². The van der Waals surface area contributed by atoms with E-state index in [1.807, 2.05) is 0 Å². The highest BCUT2D eigenvalue weighted by molar-refractivity contribution is 5.64. The van der Waals surface area contributed by atoms with E-state index >= 15 is 0 Å². The third kappa shape index (κ3) is 3.88. The van der Waals surface area contributed by atoms with Crippen molar-refractivity contribution in [3.8, 4) is 5.75 Å². The van der Waals surface area contributed by atoms with Gasteiger partial charge in [-0.3, -0.25) is 35.2 Å². The Kier molecular flexibility index (Phi) is 5.73. The normalized spacial score (nSPS) is 25.9. The van der Waals surface area contributed by atoms with Gasteiger partial charge >= 0.3 is 11.4 Å². The predicted molar refractivity (Wildman–Crippen MR) is 98.1 cm³/mol. The number of rotatable bonds is 3. The average molecular weight is 394 g/mol. The number of benzene rings is 1. The van der Waals surface area contributed by atoms with Crippen LogP contribution in [0.25, 0.3) is 0 Å². The lowest BCUT2D eigenvalue weighted by Crippen LogP contribution is -2.49. The number of nitro benzene ring substituents is 3. The Morgan fingerprint density at radius 3 is 1.68 bits per heavy atom. The van der Waals surface area contributed by atoms with Gasteiger partial charge in [-0.05, 0) is 63.5 Å². The highest BCUT2D eigenvalue weighted by atomic mass is 16.6. The van der Waals surface area contributed by atoms with Gasteiger partial charge in [-0.1, -0.05) is 0 Å². The zero-order valence-electron chi connectivity index (χ0n) is 15.2. The second kappa shape index (κ2) is 8.05. The summed E-state index contributed by atoms with van der Waals surface area (Å²) in [6.07, 6.45) is 9.13. The first-order chi connectivity index (χ1) is 13.3. The maximum absolute atomic E-state index is 10.4. The average Bonchev–Trinajstić information content (AvgIpc) is 3.07. The Hall–Kier alpha value is -2.82. The second-order valence-corrected chi connectivity index (χ2v) is 7.51. The molecule has 11 heteroatoms. The number of nitro groups is 3. The Balaban J connectivity index is 0.000000166. The van der Waals surface area contributed by atoms with E-state index in [-0.39, 0.29) is 0 Å². The van der Waals surface area contributed by atoms with Crippen LogP contribution >= 0.6 is 0 Å². The number of piperidine rings is 2. The minimum Gasteiger partial charge on any atom is -0.497 e. The molecular formula is C17H22N4O7. The molecule has 0 amide bonds. The van der Waals surface area contributed by atoms with E-state index < -0.39 is 37.6 Å². The zero-order valence-corrected chi connectivity index (χ0v) is 15.2. The summed E-state index contributed by atoms with van der Waals surface area (Å²) in [7, 11) is 0. The van der Waals surface area contributed by atoms with Crippen LogP contribution in [0, 0.1) is 42.2 Å². The molecule has 4 rings (SSSR count). The van der Waals surface area contributed by atoms with E-state index in [4.69, 9.17) is 5.11 Å². The van der Waals surface area contributed by atoms with E-state index in [1.165, 1.54) is 38.8 Å². The first-order valence-electron chi connectivity index (χ1n) is 9.33. The van der Waals surface area contributed by atoms with Crippen molar-refractivity contribution in [1.82, 2.24) is 4.90 Å². The van der Waals surface area contributed by atoms with Crippen LogP contribution in [0.4, 0.5) is 17.1 Å². The molecule has 2 heterocycles. The molecule has 28 heavy (non-hydrogen) atoms. The van der Waals surface area contributed by atoms with E-state index in [2.05, 4.69) is 4.90 Å². The fourth-order valence-electron chi connectivity index (χ4n) is 4.88. The first-order valence-corrected chi connectivity index (χ1v) is 9.33. The topological polar surface area (TPSA) is 153 Å². The summed E-state index contributed by atoms with van der Waals surface area (Å²) in [5.74, 6) is 0.994. The fourth-order valence-corrected chi connectivity index (χ4v) is 4.88. The van der Waals surface area contributed by atoms with Gasteiger partial charge in [-0.25, -0.2) is 0 Å². The molecule has 0 aromatic heterocycles. The number of hydrogen-bond donors (Lipinski definition) is 1. The monoisotopic (exact) mass is 394 g/mol. The number of phenols is 1. The van der Waals surface area contributed by atoms with Crippen molar-refractivity contribution >= 4 is 17.1 Å². The van der Waals surface area contributed by atoms with Crippen LogP contribution in [0.5, 0.6) is 5.75 Å². The molecule has 152 valence electrons. The minimum atomic E-state index is -1.21. The highest BCUT2D eigenvalue weighted by Crippen LogP contribution is 2.45. The van der Waals surface area contributed by atoms with E-state index in [9.17, 15) is 30.3 Å². The number of aromatic hydroxyl groups is 1. The molecule has 2 atom stereocenters. The molecule has 11 nitrogen and oxygen atoms in total. The van der Waals surface area contributed by atoms with Crippen molar-refractivity contribution < 1.29 is 19.9 Å². The Morgan fingerprint density at radius 2 is 1.29 bits per heavy atom. The summed E-state index contributed by atoms with van der Waals surface area (Å²) in [6.45, 7) is 2.83. The lowest BCUT2D eigenvalue weighted by Gasteiger charge is -2.44. The number of nitrogens with zero attached hydrogens (tertiary/aromatic N) is 4. The quantitative estimate of drug-likeness (QED) is 0.604. The van der Waals surface area contributed by atoms with Crippen LogP contribution < -0.4 is 0 Å². The third-order valence-electron chi connectivity index (χ3n) is 5.99. The SMILES string of the molecule is C1CC2CCC3CCCN(C1)C23.O=[N+]([O-])c1cc([N+](=O)[O-])c(O)c([N+](=O)[O-])c1. The van der Waals surface area contributed by atoms with Crippen LogP contribution in [0.2, 0.25) is 0 Å². The second-order valence-electron chi connectivity index (χ2n) is 7.51. The van der Waals surface area contributed by atoms with E-state index in [0.717, 1.165) is 17.9 Å². The van der Waals surface area contributed by atoms with Gasteiger partial charge in [0, 0.05) is 6.04 Å². The molecule has 2 unspecified atom stereocenters. The molecule has 3 aliphatic rings. The Labute approximate surface area is 160 Å². The van der Waals surface area contributed by atoms with Gasteiger partial charge in [0.25, 0.3) is 11.4 Å². The lowest BCUT2D eigenvalue weighted by molar-refractivity contribution is -0.404. The molecule has 1 aromatic rings. The van der Waals surface area contributed by atoms with Crippen LogP contribution in [-0.4, -0.2) is 43.9 Å². The largest absolute Gasteiger partial charge is 0.497 e. The van der Waals surface area contributed by atoms with Gasteiger partial charge in [0.2, 0.25) is 0 Å². The summed E-state index contributed by atoms with van der Waals surface area (Å²) in [6, 6.07) is 1.93. The Morgan fingerprint density at radius 1 is 0.821 bits per heavy atom. The number of hydrogen-bond acceptors (Lipinski definition) is 8. The van der Waals surface area contributed by atoms with Crippen molar-refractivity contribution in [3.05, 3.63) is 42.5 Å². The number of phenolic OH excluding ortho intramolecular Hbond substituents is 1. The summed E-state index contributed by atoms with van der Waals surface area (Å²) < 4.78 is 0. The first kappa shape index (κ1) is 19.9. The van der Waals surface area contributed by atoms with Crippen molar-refractivity contribution in [2.45, 2.75) is 44.6 Å². The maximum Gasteiger partial charge on any atom is 0.324 e. The molecule has 1 aromatic carbocycles. The van der Waals surface area contributed by atoms with Crippen molar-refractivity contribution in [2.75, 3.05) is 13.1 Å². The van der Waals surface area contributed by atoms with Gasteiger partial charge in [-0.15, -0.1) is 0 Å². The highest BCUT2D eigenvalue weighted by Gasteiger charge is 2.43. The van der Waals surface area contributed by atoms with Gasteiger partial charge in [0.05, 0.1) is 26.9 Å². The summed E-state index contributed by atoms with van der Waals surface area (Å²) in [5.41, 5.74) is -3.00. The van der Waals surface area contributed by atoms with E-state index in [1.54, 1.807) is 12.8 Å². The van der Waals surface area contributed by atoms with Crippen molar-refractivity contribution in [3.63, 3.8) is 0 Å². The van der Waals surface area contributed by atoms with Gasteiger partial charge < -0.3 is 5.11 Å². The Bertz CT molecular complexity index is 747. The molecule has 3 fully saturated rings.